The molecule has 5 nitrogen and oxygen atoms in total. The number of morpholine rings is 1. The molecule has 2 fully saturated rings. The lowest BCUT2D eigenvalue weighted by Gasteiger charge is -2.44. The van der Waals surface area contributed by atoms with Gasteiger partial charge in [-0.05, 0) is 57.7 Å². The highest BCUT2D eigenvalue weighted by molar-refractivity contribution is 6.30. The lowest BCUT2D eigenvalue weighted by Crippen LogP contribution is -2.55. The molecule has 0 spiro atoms. The van der Waals surface area contributed by atoms with Crippen LogP contribution in [0, 0.1) is 0 Å². The number of benzene rings is 1. The summed E-state index contributed by atoms with van der Waals surface area (Å²) in [6.07, 6.45) is 2.73. The molecule has 1 aromatic carbocycles. The molecule has 0 radical (unpaired) electrons. The van der Waals surface area contributed by atoms with E-state index in [2.05, 4.69) is 17.0 Å². The number of likely N-dealkylation sites (tertiary alicyclic amines) is 1. The van der Waals surface area contributed by atoms with Gasteiger partial charge in [-0.3, -0.25) is 4.90 Å². The fourth-order valence-corrected chi connectivity index (χ4v) is 4.05. The molecule has 27 heavy (non-hydrogen) atoms. The molecule has 0 saturated carbocycles. The Kier molecular flexibility index (Phi) is 6.66. The van der Waals surface area contributed by atoms with Gasteiger partial charge < -0.3 is 14.4 Å². The van der Waals surface area contributed by atoms with Gasteiger partial charge >= 0.3 is 6.09 Å². The molecule has 2 saturated heterocycles. The van der Waals surface area contributed by atoms with Crippen molar-refractivity contribution in [2.24, 2.45) is 0 Å². The fraction of sp³-hybridized carbons (Fsp3) is 0.667. The summed E-state index contributed by atoms with van der Waals surface area (Å²) in [6.45, 7) is 9.73. The van der Waals surface area contributed by atoms with Gasteiger partial charge in [-0.1, -0.05) is 23.7 Å². The number of carbonyl (C=O) groups excluding carboxylic acids is 1. The third-order valence-electron chi connectivity index (χ3n) is 5.24. The summed E-state index contributed by atoms with van der Waals surface area (Å²) in [5, 5.41) is 0.769. The van der Waals surface area contributed by atoms with Crippen molar-refractivity contribution in [3.05, 3.63) is 34.9 Å². The van der Waals surface area contributed by atoms with Gasteiger partial charge in [0, 0.05) is 36.7 Å². The van der Waals surface area contributed by atoms with Gasteiger partial charge in [0.25, 0.3) is 0 Å². The maximum Gasteiger partial charge on any atom is 0.410 e. The van der Waals surface area contributed by atoms with Crippen LogP contribution < -0.4 is 0 Å². The molecule has 2 heterocycles. The summed E-state index contributed by atoms with van der Waals surface area (Å²) in [6, 6.07) is 8.96. The quantitative estimate of drug-likeness (QED) is 0.777. The standard InChI is InChI=1S/C21H31ClN2O3/c1-21(2,3)27-20(25)23-10-8-18(9-11-23)24-12-13-26-15-19(24)14-16-4-6-17(22)7-5-16/h4-7,18-19H,8-15H2,1-3H3. The molecule has 150 valence electrons. The van der Waals surface area contributed by atoms with Crippen LogP contribution in [0.5, 0.6) is 0 Å². The first-order valence-electron chi connectivity index (χ1n) is 9.88. The fourth-order valence-electron chi connectivity index (χ4n) is 3.92. The van der Waals surface area contributed by atoms with E-state index in [1.54, 1.807) is 0 Å². The zero-order valence-electron chi connectivity index (χ0n) is 16.6. The highest BCUT2D eigenvalue weighted by atomic mass is 35.5. The van der Waals surface area contributed by atoms with Gasteiger partial charge in [0.2, 0.25) is 0 Å². The summed E-state index contributed by atoms with van der Waals surface area (Å²) in [7, 11) is 0. The van der Waals surface area contributed by atoms with Crippen LogP contribution in [0.15, 0.2) is 24.3 Å². The van der Waals surface area contributed by atoms with Gasteiger partial charge in [0.1, 0.15) is 5.60 Å². The Morgan fingerprint density at radius 1 is 1.19 bits per heavy atom. The molecule has 6 heteroatoms. The Bertz CT molecular complexity index is 621. The first-order valence-corrected chi connectivity index (χ1v) is 10.3. The summed E-state index contributed by atoms with van der Waals surface area (Å²) in [5.41, 5.74) is 0.841. The number of rotatable bonds is 3. The Hall–Kier alpha value is -1.30. The molecule has 3 rings (SSSR count). The molecule has 1 atom stereocenters. The molecular formula is C21H31ClN2O3. The van der Waals surface area contributed by atoms with Crippen LogP contribution in [-0.4, -0.2) is 66.4 Å². The highest BCUT2D eigenvalue weighted by Gasteiger charge is 2.34. The summed E-state index contributed by atoms with van der Waals surface area (Å²) >= 11 is 6.01. The normalized spacial score (nSPS) is 22.7. The van der Waals surface area contributed by atoms with Crippen molar-refractivity contribution in [1.82, 2.24) is 9.80 Å². The summed E-state index contributed by atoms with van der Waals surface area (Å²) in [4.78, 5) is 16.7. The van der Waals surface area contributed by atoms with Crippen LogP contribution in [0.4, 0.5) is 4.79 Å². The van der Waals surface area contributed by atoms with Crippen LogP contribution in [0.1, 0.15) is 39.2 Å². The number of carbonyl (C=O) groups is 1. The molecule has 2 aliphatic rings. The molecule has 0 bridgehead atoms. The summed E-state index contributed by atoms with van der Waals surface area (Å²) < 4.78 is 11.3. The number of hydrogen-bond acceptors (Lipinski definition) is 4. The Morgan fingerprint density at radius 3 is 2.48 bits per heavy atom. The second kappa shape index (κ2) is 8.80. The van der Waals surface area contributed by atoms with E-state index in [0.717, 1.165) is 57.1 Å². The minimum absolute atomic E-state index is 0.194. The zero-order chi connectivity index (χ0) is 19.4. The van der Waals surface area contributed by atoms with Crippen molar-refractivity contribution >= 4 is 17.7 Å². The van der Waals surface area contributed by atoms with Gasteiger partial charge in [0.15, 0.2) is 0 Å². The van der Waals surface area contributed by atoms with Crippen molar-refractivity contribution in [1.29, 1.82) is 0 Å². The van der Waals surface area contributed by atoms with E-state index < -0.39 is 5.60 Å². The lowest BCUT2D eigenvalue weighted by molar-refractivity contribution is -0.0432. The van der Waals surface area contributed by atoms with Gasteiger partial charge in [-0.2, -0.15) is 0 Å². The average Bonchev–Trinajstić information content (AvgIpc) is 2.63. The predicted molar refractivity (Wildman–Crippen MR) is 107 cm³/mol. The minimum atomic E-state index is -0.443. The summed E-state index contributed by atoms with van der Waals surface area (Å²) in [5.74, 6) is 0. The largest absolute Gasteiger partial charge is 0.444 e. The number of amides is 1. The van der Waals surface area contributed by atoms with Crippen molar-refractivity contribution in [3.8, 4) is 0 Å². The van der Waals surface area contributed by atoms with Gasteiger partial charge in [0.05, 0.1) is 13.2 Å². The Morgan fingerprint density at radius 2 is 1.85 bits per heavy atom. The topological polar surface area (TPSA) is 42.0 Å². The van der Waals surface area contributed by atoms with E-state index in [9.17, 15) is 4.79 Å². The maximum absolute atomic E-state index is 12.3. The third kappa shape index (κ3) is 5.84. The van der Waals surface area contributed by atoms with Crippen LogP contribution in [-0.2, 0) is 15.9 Å². The van der Waals surface area contributed by atoms with Crippen molar-refractivity contribution in [2.75, 3.05) is 32.8 Å². The Labute approximate surface area is 167 Å². The molecule has 2 aliphatic heterocycles. The first-order chi connectivity index (χ1) is 12.8. The number of piperidine rings is 1. The molecule has 1 unspecified atom stereocenters. The highest BCUT2D eigenvalue weighted by Crippen LogP contribution is 2.24. The van der Waals surface area contributed by atoms with Crippen LogP contribution in [0.25, 0.3) is 0 Å². The van der Waals surface area contributed by atoms with E-state index in [0.29, 0.717) is 12.1 Å². The molecule has 0 aliphatic carbocycles. The predicted octanol–water partition coefficient (Wildman–Crippen LogP) is 3.98. The van der Waals surface area contributed by atoms with Gasteiger partial charge in [-0.15, -0.1) is 0 Å². The van der Waals surface area contributed by atoms with Crippen LogP contribution >= 0.6 is 11.6 Å². The molecular weight excluding hydrogens is 364 g/mol. The number of ether oxygens (including phenoxy) is 2. The minimum Gasteiger partial charge on any atom is -0.444 e. The molecule has 1 amide bonds. The molecule has 0 N–H and O–H groups in total. The third-order valence-corrected chi connectivity index (χ3v) is 5.49. The second-order valence-corrected chi connectivity index (χ2v) is 8.93. The lowest BCUT2D eigenvalue weighted by atomic mass is 9.97. The number of halogens is 1. The van der Waals surface area contributed by atoms with E-state index in [4.69, 9.17) is 21.1 Å². The van der Waals surface area contributed by atoms with Crippen molar-refractivity contribution in [2.45, 2.75) is 57.7 Å². The maximum atomic E-state index is 12.3. The zero-order valence-corrected chi connectivity index (χ0v) is 17.4. The van der Waals surface area contributed by atoms with E-state index in [1.807, 2.05) is 37.8 Å². The van der Waals surface area contributed by atoms with E-state index >= 15 is 0 Å². The van der Waals surface area contributed by atoms with E-state index in [1.165, 1.54) is 5.56 Å². The van der Waals surface area contributed by atoms with Crippen LogP contribution in [0.2, 0.25) is 5.02 Å². The smallest absolute Gasteiger partial charge is 0.410 e. The van der Waals surface area contributed by atoms with Crippen molar-refractivity contribution < 1.29 is 14.3 Å². The molecule has 0 aromatic heterocycles. The van der Waals surface area contributed by atoms with E-state index in [-0.39, 0.29) is 6.09 Å². The van der Waals surface area contributed by atoms with Crippen molar-refractivity contribution in [3.63, 3.8) is 0 Å². The SMILES string of the molecule is CC(C)(C)OC(=O)N1CCC(N2CCOCC2Cc2ccc(Cl)cc2)CC1. The second-order valence-electron chi connectivity index (χ2n) is 8.50. The average molecular weight is 395 g/mol. The first kappa shape index (κ1) is 20.4. The number of hydrogen-bond donors (Lipinski definition) is 0. The molecule has 1 aromatic rings. The van der Waals surface area contributed by atoms with Gasteiger partial charge in [-0.25, -0.2) is 4.79 Å². The number of nitrogens with zero attached hydrogens (tertiary/aromatic N) is 2. The Balaban J connectivity index is 1.56. The van der Waals surface area contributed by atoms with Crippen LogP contribution in [0.3, 0.4) is 0 Å². The monoisotopic (exact) mass is 394 g/mol.